The van der Waals surface area contributed by atoms with Crippen LogP contribution in [0.15, 0.2) is 48.9 Å². The second kappa shape index (κ2) is 9.77. The summed E-state index contributed by atoms with van der Waals surface area (Å²) >= 11 is 0. The van der Waals surface area contributed by atoms with Crippen LogP contribution in [0, 0.1) is 6.92 Å². The van der Waals surface area contributed by atoms with Gasteiger partial charge < -0.3 is 20.7 Å². The van der Waals surface area contributed by atoms with Gasteiger partial charge in [-0.1, -0.05) is 6.07 Å². The molecule has 1 aromatic carbocycles. The highest BCUT2D eigenvalue weighted by atomic mass is 19.3. The summed E-state index contributed by atoms with van der Waals surface area (Å²) in [6.45, 7) is 0.344. The molecule has 0 aliphatic carbocycles. The van der Waals surface area contributed by atoms with E-state index in [0.29, 0.717) is 24.5 Å². The van der Waals surface area contributed by atoms with E-state index in [9.17, 15) is 18.4 Å². The van der Waals surface area contributed by atoms with Crippen LogP contribution in [-0.2, 0) is 0 Å². The highest BCUT2D eigenvalue weighted by Crippen LogP contribution is 2.32. The second-order valence-corrected chi connectivity index (χ2v) is 7.84. The number of hydrogen-bond acceptors (Lipinski definition) is 7. The van der Waals surface area contributed by atoms with Crippen molar-refractivity contribution >= 4 is 23.5 Å². The average Bonchev–Trinajstić information content (AvgIpc) is 3.29. The van der Waals surface area contributed by atoms with Crippen LogP contribution in [0.25, 0.3) is 0 Å². The first-order valence-electron chi connectivity index (χ1n) is 10.5. The fourth-order valence-corrected chi connectivity index (χ4v) is 3.91. The van der Waals surface area contributed by atoms with Gasteiger partial charge in [0, 0.05) is 36.8 Å². The number of amides is 2. The van der Waals surface area contributed by atoms with Crippen molar-refractivity contribution in [3.05, 3.63) is 71.3 Å². The number of rotatable bonds is 7. The van der Waals surface area contributed by atoms with Crippen LogP contribution >= 0.6 is 0 Å². The van der Waals surface area contributed by atoms with Gasteiger partial charge in [0.2, 0.25) is 0 Å². The van der Waals surface area contributed by atoms with Crippen LogP contribution in [-0.4, -0.2) is 46.5 Å². The van der Waals surface area contributed by atoms with Gasteiger partial charge in [-0.2, -0.15) is 8.78 Å². The van der Waals surface area contributed by atoms with Crippen LogP contribution in [0.2, 0.25) is 0 Å². The zero-order chi connectivity index (χ0) is 24.2. The molecule has 0 radical (unpaired) electrons. The number of benzene rings is 1. The van der Waals surface area contributed by atoms with Crippen LogP contribution in [0.1, 0.15) is 44.3 Å². The Hall–Kier alpha value is -4.15. The summed E-state index contributed by atoms with van der Waals surface area (Å²) < 4.78 is 29.2. The normalized spacial score (nSPS) is 15.4. The molecule has 2 aromatic heterocycles. The Kier molecular flexibility index (Phi) is 6.62. The third-order valence-electron chi connectivity index (χ3n) is 5.57. The second-order valence-electron chi connectivity index (χ2n) is 7.84. The number of nitrogens with zero attached hydrogens (tertiary/aromatic N) is 4. The van der Waals surface area contributed by atoms with Crippen LogP contribution in [0.4, 0.5) is 20.4 Å². The molecule has 1 fully saturated rings. The lowest BCUT2D eigenvalue weighted by Crippen LogP contribution is -2.23. The maximum Gasteiger partial charge on any atom is 0.387 e. The molecule has 176 valence electrons. The van der Waals surface area contributed by atoms with Crippen molar-refractivity contribution in [1.82, 2.24) is 15.0 Å². The number of halogens is 2. The third-order valence-corrected chi connectivity index (χ3v) is 5.57. The summed E-state index contributed by atoms with van der Waals surface area (Å²) in [5.74, 6) is -0.349. The van der Waals surface area contributed by atoms with Gasteiger partial charge in [-0.3, -0.25) is 14.6 Å². The summed E-state index contributed by atoms with van der Waals surface area (Å²) in [5, 5.41) is 2.61. The first-order chi connectivity index (χ1) is 16.3. The molecule has 1 aliphatic rings. The molecule has 3 N–H and O–H groups in total. The minimum atomic E-state index is -2.97. The Morgan fingerprint density at radius 3 is 2.82 bits per heavy atom. The predicted molar refractivity (Wildman–Crippen MR) is 120 cm³/mol. The van der Waals surface area contributed by atoms with Crippen LogP contribution in [0.5, 0.6) is 5.75 Å². The number of pyridine rings is 1. The minimum Gasteiger partial charge on any atom is -0.435 e. The lowest BCUT2D eigenvalue weighted by Gasteiger charge is -2.19. The first-order valence-corrected chi connectivity index (χ1v) is 10.5. The molecular weight excluding hydrogens is 446 g/mol. The zero-order valence-electron chi connectivity index (χ0n) is 18.2. The van der Waals surface area contributed by atoms with Crippen molar-refractivity contribution in [1.29, 1.82) is 0 Å². The van der Waals surface area contributed by atoms with Crippen molar-refractivity contribution in [3.8, 4) is 5.75 Å². The molecule has 0 bridgehead atoms. The van der Waals surface area contributed by atoms with E-state index in [2.05, 4.69) is 25.0 Å². The maximum atomic E-state index is 12.8. The van der Waals surface area contributed by atoms with Gasteiger partial charge in [0.1, 0.15) is 23.1 Å². The van der Waals surface area contributed by atoms with Crippen molar-refractivity contribution in [2.75, 3.05) is 23.3 Å². The van der Waals surface area contributed by atoms with Crippen LogP contribution < -0.4 is 20.7 Å². The minimum absolute atomic E-state index is 0.0977. The smallest absolute Gasteiger partial charge is 0.387 e. The van der Waals surface area contributed by atoms with Crippen molar-refractivity contribution in [2.45, 2.75) is 25.9 Å². The first kappa shape index (κ1) is 23.0. The zero-order valence-corrected chi connectivity index (χ0v) is 18.2. The highest BCUT2D eigenvalue weighted by molar-refractivity contribution is 6.04. The molecule has 0 unspecified atom stereocenters. The topological polar surface area (TPSA) is 123 Å². The summed E-state index contributed by atoms with van der Waals surface area (Å²) in [4.78, 5) is 38.6. The van der Waals surface area contributed by atoms with E-state index in [1.54, 1.807) is 12.3 Å². The van der Waals surface area contributed by atoms with E-state index in [-0.39, 0.29) is 23.2 Å². The number of carbonyl (C=O) groups excluding carboxylic acids is 2. The number of aryl methyl sites for hydroxylation is 1. The number of carbonyl (C=O) groups is 2. The summed E-state index contributed by atoms with van der Waals surface area (Å²) in [6.07, 6.45) is 5.01. The molecule has 1 aliphatic heterocycles. The van der Waals surface area contributed by atoms with E-state index < -0.39 is 18.4 Å². The number of anilines is 2. The molecule has 1 atom stereocenters. The number of hydrogen-bond donors (Lipinski definition) is 2. The fourth-order valence-electron chi connectivity index (χ4n) is 3.91. The largest absolute Gasteiger partial charge is 0.435 e. The van der Waals surface area contributed by atoms with Crippen molar-refractivity contribution in [3.63, 3.8) is 0 Å². The fraction of sp³-hybridized carbons (Fsp3) is 0.261. The Morgan fingerprint density at radius 1 is 1.24 bits per heavy atom. The van der Waals surface area contributed by atoms with E-state index in [1.807, 2.05) is 24.0 Å². The molecule has 0 spiro atoms. The quantitative estimate of drug-likeness (QED) is 0.546. The molecule has 2 amide bonds. The van der Waals surface area contributed by atoms with E-state index in [0.717, 1.165) is 17.5 Å². The summed E-state index contributed by atoms with van der Waals surface area (Å²) in [6, 6.07) is 7.90. The number of aromatic nitrogens is 3. The standard InChI is InChI=1S/C23H22F2N6O3/c1-13-2-3-14(22(33)30-19-9-16(4-6-28-19)34-23(24)25)8-17(13)15-5-7-31(12-15)20-11-27-10-18(29-20)21(26)32/h2-4,6,8-11,15,23H,5,7,12H2,1H3,(H2,26,32)(H,28,30,33)/t15-/m1/s1. The molecule has 1 saturated heterocycles. The number of nitrogens with two attached hydrogens (primary N) is 1. The molecule has 3 heterocycles. The Bertz CT molecular complexity index is 1220. The summed E-state index contributed by atoms with van der Waals surface area (Å²) in [5.41, 5.74) is 7.87. The maximum absolute atomic E-state index is 12.8. The lowest BCUT2D eigenvalue weighted by atomic mass is 9.92. The summed E-state index contributed by atoms with van der Waals surface area (Å²) in [7, 11) is 0. The molecule has 0 saturated carbocycles. The number of nitrogens with one attached hydrogen (secondary N) is 1. The van der Waals surface area contributed by atoms with Crippen LogP contribution in [0.3, 0.4) is 0 Å². The van der Waals surface area contributed by atoms with Crippen molar-refractivity contribution in [2.24, 2.45) is 5.73 Å². The Morgan fingerprint density at radius 2 is 2.06 bits per heavy atom. The van der Waals surface area contributed by atoms with Crippen molar-refractivity contribution < 1.29 is 23.1 Å². The van der Waals surface area contributed by atoms with Gasteiger partial charge in [-0.25, -0.2) is 9.97 Å². The van der Waals surface area contributed by atoms with Gasteiger partial charge in [0.15, 0.2) is 0 Å². The molecule has 9 nitrogen and oxygen atoms in total. The molecular formula is C23H22F2N6O3. The highest BCUT2D eigenvalue weighted by Gasteiger charge is 2.27. The SMILES string of the molecule is Cc1ccc(C(=O)Nc2cc(OC(F)F)ccn2)cc1[C@@H]1CCN(c2cncc(C(N)=O)n2)C1. The van der Waals surface area contributed by atoms with Gasteiger partial charge >= 0.3 is 6.61 Å². The Balaban J connectivity index is 1.49. The monoisotopic (exact) mass is 468 g/mol. The lowest BCUT2D eigenvalue weighted by molar-refractivity contribution is -0.0498. The number of alkyl halides is 2. The number of primary amides is 1. The third kappa shape index (κ3) is 5.25. The van der Waals surface area contributed by atoms with E-state index >= 15 is 0 Å². The van der Waals surface area contributed by atoms with E-state index in [4.69, 9.17) is 5.73 Å². The number of ether oxygens (including phenoxy) is 1. The van der Waals surface area contributed by atoms with E-state index in [1.165, 1.54) is 24.5 Å². The van der Waals surface area contributed by atoms with Gasteiger partial charge in [-0.15, -0.1) is 0 Å². The predicted octanol–water partition coefficient (Wildman–Crippen LogP) is 3.13. The molecule has 4 rings (SSSR count). The average molecular weight is 468 g/mol. The van der Waals surface area contributed by atoms with Gasteiger partial charge in [-0.05, 0) is 42.7 Å². The molecule has 11 heteroatoms. The molecule has 3 aromatic rings. The Labute approximate surface area is 194 Å². The molecule has 34 heavy (non-hydrogen) atoms. The van der Waals surface area contributed by atoms with Gasteiger partial charge in [0.25, 0.3) is 11.8 Å². The van der Waals surface area contributed by atoms with Gasteiger partial charge in [0.05, 0.1) is 12.4 Å².